The van der Waals surface area contributed by atoms with Crippen LogP contribution in [-0.2, 0) is 4.74 Å². The summed E-state index contributed by atoms with van der Waals surface area (Å²) in [6.45, 7) is 3.34. The van der Waals surface area contributed by atoms with Gasteiger partial charge in [-0.3, -0.25) is 5.41 Å². The van der Waals surface area contributed by atoms with Crippen molar-refractivity contribution in [3.8, 4) is 0 Å². The highest BCUT2D eigenvalue weighted by Gasteiger charge is 2.11. The minimum absolute atomic E-state index is 0. The Morgan fingerprint density at radius 3 is 2.62 bits per heavy atom. The number of nitrogen functional groups attached to an aromatic ring is 1. The van der Waals surface area contributed by atoms with Crippen LogP contribution in [0.1, 0.15) is 5.56 Å². The van der Waals surface area contributed by atoms with Crippen LogP contribution in [0, 0.1) is 5.41 Å². The lowest BCUT2D eigenvalue weighted by Crippen LogP contribution is -2.36. The number of amidine groups is 1. The van der Waals surface area contributed by atoms with Gasteiger partial charge in [0.15, 0.2) is 0 Å². The highest BCUT2D eigenvalue weighted by atomic mass is 35.5. The molecule has 0 atom stereocenters. The van der Waals surface area contributed by atoms with E-state index < -0.39 is 0 Å². The maximum absolute atomic E-state index is 7.38. The summed E-state index contributed by atoms with van der Waals surface area (Å²) in [5.74, 6) is 0.116. The van der Waals surface area contributed by atoms with Gasteiger partial charge in [-0.1, -0.05) is 12.1 Å². The highest BCUT2D eigenvalue weighted by Crippen LogP contribution is 2.17. The topological polar surface area (TPSA) is 62.3 Å². The molecule has 1 aliphatic heterocycles. The van der Waals surface area contributed by atoms with Gasteiger partial charge in [-0.25, -0.2) is 0 Å². The molecule has 0 amide bonds. The summed E-state index contributed by atoms with van der Waals surface area (Å²) in [4.78, 5) is 2.25. The van der Waals surface area contributed by atoms with Crippen LogP contribution in [0.4, 0.5) is 5.69 Å². The highest BCUT2D eigenvalue weighted by molar-refractivity contribution is 5.95. The van der Waals surface area contributed by atoms with E-state index in [1.807, 2.05) is 24.3 Å². The molecule has 1 aliphatic rings. The molecule has 88 valence electrons. The molecule has 5 heteroatoms. The van der Waals surface area contributed by atoms with E-state index in [4.69, 9.17) is 15.9 Å². The summed E-state index contributed by atoms with van der Waals surface area (Å²) in [6.07, 6.45) is 0. The van der Waals surface area contributed by atoms with Crippen molar-refractivity contribution in [1.29, 1.82) is 5.41 Å². The summed E-state index contributed by atoms with van der Waals surface area (Å²) in [7, 11) is 0. The molecule has 0 aliphatic carbocycles. The number of rotatable bonds is 2. The Bertz CT molecular complexity index is 364. The van der Waals surface area contributed by atoms with Gasteiger partial charge in [0.25, 0.3) is 0 Å². The van der Waals surface area contributed by atoms with Crippen LogP contribution in [0.15, 0.2) is 24.3 Å². The number of halogens is 1. The molecule has 1 aromatic rings. The molecule has 1 heterocycles. The molecule has 4 nitrogen and oxygen atoms in total. The lowest BCUT2D eigenvalue weighted by molar-refractivity contribution is 0.122. The Kier molecular flexibility index (Phi) is 4.58. The quantitative estimate of drug-likeness (QED) is 0.605. The number of hydrogen-bond donors (Lipinski definition) is 2. The average molecular weight is 242 g/mol. The van der Waals surface area contributed by atoms with E-state index in [0.29, 0.717) is 0 Å². The Labute approximate surface area is 101 Å². The SMILES string of the molecule is Cl.N=C(N)c1cccc(N2CCOCC2)c1. The molecule has 0 bridgehead atoms. The van der Waals surface area contributed by atoms with Crippen molar-refractivity contribution in [2.75, 3.05) is 31.2 Å². The summed E-state index contributed by atoms with van der Waals surface area (Å²) in [6, 6.07) is 7.78. The van der Waals surface area contributed by atoms with Crippen LogP contribution in [0.3, 0.4) is 0 Å². The van der Waals surface area contributed by atoms with Gasteiger partial charge >= 0.3 is 0 Å². The van der Waals surface area contributed by atoms with Gasteiger partial charge < -0.3 is 15.4 Å². The summed E-state index contributed by atoms with van der Waals surface area (Å²) >= 11 is 0. The molecule has 1 fully saturated rings. The first-order valence-corrected chi connectivity index (χ1v) is 5.04. The molecular weight excluding hydrogens is 226 g/mol. The lowest BCUT2D eigenvalue weighted by Gasteiger charge is -2.29. The van der Waals surface area contributed by atoms with E-state index in [9.17, 15) is 0 Å². The Morgan fingerprint density at radius 2 is 2.00 bits per heavy atom. The molecule has 0 saturated carbocycles. The van der Waals surface area contributed by atoms with Crippen molar-refractivity contribution >= 4 is 23.9 Å². The third-order valence-electron chi connectivity index (χ3n) is 2.53. The van der Waals surface area contributed by atoms with Crippen LogP contribution in [0.2, 0.25) is 0 Å². The molecule has 0 unspecified atom stereocenters. The first-order valence-electron chi connectivity index (χ1n) is 5.04. The van der Waals surface area contributed by atoms with E-state index >= 15 is 0 Å². The number of morpholine rings is 1. The zero-order valence-corrected chi connectivity index (χ0v) is 9.80. The van der Waals surface area contributed by atoms with Gasteiger partial charge in [0, 0.05) is 24.3 Å². The number of nitrogens with one attached hydrogen (secondary N) is 1. The van der Waals surface area contributed by atoms with Crippen molar-refractivity contribution in [1.82, 2.24) is 0 Å². The van der Waals surface area contributed by atoms with Crippen molar-refractivity contribution < 1.29 is 4.74 Å². The van der Waals surface area contributed by atoms with E-state index in [1.165, 1.54) is 0 Å². The first-order chi connectivity index (χ1) is 7.27. The van der Waals surface area contributed by atoms with Crippen LogP contribution in [0.25, 0.3) is 0 Å². The number of nitrogens with two attached hydrogens (primary N) is 1. The normalized spacial score (nSPS) is 15.4. The Balaban J connectivity index is 0.00000128. The van der Waals surface area contributed by atoms with Crippen LogP contribution in [0.5, 0.6) is 0 Å². The number of ether oxygens (including phenoxy) is 1. The second kappa shape index (κ2) is 5.72. The zero-order valence-electron chi connectivity index (χ0n) is 8.98. The average Bonchev–Trinajstić information content (AvgIpc) is 2.30. The lowest BCUT2D eigenvalue weighted by atomic mass is 10.1. The summed E-state index contributed by atoms with van der Waals surface area (Å²) < 4.78 is 5.29. The standard InChI is InChI=1S/C11H15N3O.ClH/c12-11(13)9-2-1-3-10(8-9)14-4-6-15-7-5-14;/h1-3,8H,4-7H2,(H3,12,13);1H. The zero-order chi connectivity index (χ0) is 10.7. The van der Waals surface area contributed by atoms with Crippen molar-refractivity contribution in [2.45, 2.75) is 0 Å². The van der Waals surface area contributed by atoms with E-state index in [2.05, 4.69) is 4.90 Å². The molecule has 16 heavy (non-hydrogen) atoms. The van der Waals surface area contributed by atoms with E-state index in [-0.39, 0.29) is 18.2 Å². The summed E-state index contributed by atoms with van der Waals surface area (Å²) in [5.41, 5.74) is 7.35. The van der Waals surface area contributed by atoms with Crippen molar-refractivity contribution in [3.05, 3.63) is 29.8 Å². The van der Waals surface area contributed by atoms with Gasteiger partial charge in [-0.05, 0) is 12.1 Å². The van der Waals surface area contributed by atoms with Crippen molar-refractivity contribution in [3.63, 3.8) is 0 Å². The number of nitrogens with zero attached hydrogens (tertiary/aromatic N) is 1. The van der Waals surface area contributed by atoms with Gasteiger partial charge in [0.1, 0.15) is 5.84 Å². The number of benzene rings is 1. The molecule has 0 spiro atoms. The predicted octanol–water partition coefficient (Wildman–Crippen LogP) is 1.23. The minimum atomic E-state index is 0. The molecule has 0 radical (unpaired) electrons. The largest absolute Gasteiger partial charge is 0.384 e. The molecule has 1 aromatic carbocycles. The van der Waals surface area contributed by atoms with E-state index in [0.717, 1.165) is 37.6 Å². The third-order valence-corrected chi connectivity index (χ3v) is 2.53. The van der Waals surface area contributed by atoms with Gasteiger partial charge in [-0.15, -0.1) is 12.4 Å². The van der Waals surface area contributed by atoms with E-state index in [1.54, 1.807) is 0 Å². The van der Waals surface area contributed by atoms with Crippen LogP contribution in [-0.4, -0.2) is 32.1 Å². The van der Waals surface area contributed by atoms with Crippen molar-refractivity contribution in [2.24, 2.45) is 5.73 Å². The fraction of sp³-hybridized carbons (Fsp3) is 0.364. The summed E-state index contributed by atoms with van der Waals surface area (Å²) in [5, 5.41) is 7.38. The van der Waals surface area contributed by atoms with Crippen LogP contribution >= 0.6 is 12.4 Å². The maximum atomic E-state index is 7.38. The monoisotopic (exact) mass is 241 g/mol. The Morgan fingerprint density at radius 1 is 1.31 bits per heavy atom. The minimum Gasteiger partial charge on any atom is -0.384 e. The third kappa shape index (κ3) is 2.87. The molecule has 1 saturated heterocycles. The molecule has 0 aromatic heterocycles. The van der Waals surface area contributed by atoms with Gasteiger partial charge in [0.2, 0.25) is 0 Å². The van der Waals surface area contributed by atoms with Gasteiger partial charge in [0.05, 0.1) is 13.2 Å². The number of hydrogen-bond acceptors (Lipinski definition) is 3. The second-order valence-corrected chi connectivity index (χ2v) is 3.56. The molecular formula is C11H16ClN3O. The Hall–Kier alpha value is -1.26. The van der Waals surface area contributed by atoms with Gasteiger partial charge in [-0.2, -0.15) is 0 Å². The fourth-order valence-corrected chi connectivity index (χ4v) is 1.69. The molecule has 2 rings (SSSR count). The first kappa shape index (κ1) is 12.8. The fourth-order valence-electron chi connectivity index (χ4n) is 1.69. The predicted molar refractivity (Wildman–Crippen MR) is 67.7 cm³/mol. The molecule has 3 N–H and O–H groups in total. The van der Waals surface area contributed by atoms with Crippen LogP contribution < -0.4 is 10.6 Å². The maximum Gasteiger partial charge on any atom is 0.122 e. The number of anilines is 1. The second-order valence-electron chi connectivity index (χ2n) is 3.56. The smallest absolute Gasteiger partial charge is 0.122 e.